The highest BCUT2D eigenvalue weighted by Gasteiger charge is 2.59. The first-order valence-corrected chi connectivity index (χ1v) is 9.53. The van der Waals surface area contributed by atoms with Gasteiger partial charge in [-0.2, -0.15) is 0 Å². The van der Waals surface area contributed by atoms with Crippen LogP contribution in [0.25, 0.3) is 0 Å². The van der Waals surface area contributed by atoms with Crippen LogP contribution in [0.15, 0.2) is 54.7 Å². The number of allylic oxidation sites excluding steroid dienone is 2. The first-order chi connectivity index (χ1) is 14.0. The number of hydrogen-bond acceptors (Lipinski definition) is 6. The van der Waals surface area contributed by atoms with Crippen molar-refractivity contribution in [2.75, 3.05) is 10.2 Å². The molecule has 2 aromatic rings. The third-order valence-electron chi connectivity index (χ3n) is 6.09. The molecule has 0 radical (unpaired) electrons. The van der Waals surface area contributed by atoms with Gasteiger partial charge in [0.2, 0.25) is 11.8 Å². The molecule has 1 aromatic heterocycles. The van der Waals surface area contributed by atoms with Gasteiger partial charge in [-0.05, 0) is 42.5 Å². The monoisotopic (exact) mass is 390 g/mol. The molecule has 8 heteroatoms. The van der Waals surface area contributed by atoms with Crippen molar-refractivity contribution in [1.82, 2.24) is 4.98 Å². The number of carbonyl (C=O) groups excluding carboxylic acids is 2. The molecular formula is C21H18N4O4. The summed E-state index contributed by atoms with van der Waals surface area (Å²) in [6.45, 7) is 0.321. The highest BCUT2D eigenvalue weighted by atomic mass is 16.6. The zero-order valence-electron chi connectivity index (χ0n) is 15.4. The topological polar surface area (TPSA) is 105 Å². The highest BCUT2D eigenvalue weighted by molar-refractivity contribution is 6.23. The number of anilines is 2. The molecule has 4 atom stereocenters. The summed E-state index contributed by atoms with van der Waals surface area (Å²) in [6.07, 6.45) is 6.54. The van der Waals surface area contributed by atoms with Crippen LogP contribution in [-0.4, -0.2) is 21.7 Å². The second-order valence-corrected chi connectivity index (χ2v) is 7.64. The van der Waals surface area contributed by atoms with Gasteiger partial charge in [-0.25, -0.2) is 4.90 Å². The van der Waals surface area contributed by atoms with Crippen molar-refractivity contribution in [3.05, 3.63) is 70.6 Å². The molecule has 29 heavy (non-hydrogen) atoms. The van der Waals surface area contributed by atoms with Gasteiger partial charge < -0.3 is 5.32 Å². The molecular weight excluding hydrogens is 372 g/mol. The molecule has 1 saturated heterocycles. The first-order valence-electron chi connectivity index (χ1n) is 9.53. The van der Waals surface area contributed by atoms with Gasteiger partial charge >= 0.3 is 0 Å². The summed E-state index contributed by atoms with van der Waals surface area (Å²) < 4.78 is 0. The Labute approximate surface area is 166 Å². The molecule has 2 heterocycles. The van der Waals surface area contributed by atoms with Crippen molar-refractivity contribution in [3.63, 3.8) is 0 Å². The van der Waals surface area contributed by atoms with Crippen molar-refractivity contribution in [2.24, 2.45) is 23.7 Å². The number of nitrogens with one attached hydrogen (secondary N) is 1. The molecule has 2 aliphatic carbocycles. The summed E-state index contributed by atoms with van der Waals surface area (Å²) >= 11 is 0. The predicted octanol–water partition coefficient (Wildman–Crippen LogP) is 2.91. The summed E-state index contributed by atoms with van der Waals surface area (Å²) in [5.41, 5.74) is 1.12. The fraction of sp³-hybridized carbons (Fsp3) is 0.286. The summed E-state index contributed by atoms with van der Waals surface area (Å²) in [5, 5.41) is 14.6. The van der Waals surface area contributed by atoms with Crippen LogP contribution in [0.5, 0.6) is 0 Å². The Bertz CT molecular complexity index is 1020. The van der Waals surface area contributed by atoms with Crippen LogP contribution in [0.1, 0.15) is 12.1 Å². The normalized spacial score (nSPS) is 26.8. The lowest BCUT2D eigenvalue weighted by Gasteiger charge is -2.18. The second-order valence-electron chi connectivity index (χ2n) is 7.64. The summed E-state index contributed by atoms with van der Waals surface area (Å²) in [6, 6.07) is 9.87. The number of amides is 2. The number of hydrogen-bond donors (Lipinski definition) is 1. The van der Waals surface area contributed by atoms with Gasteiger partial charge in [0.1, 0.15) is 5.69 Å². The van der Waals surface area contributed by atoms with E-state index in [1.807, 2.05) is 24.3 Å². The summed E-state index contributed by atoms with van der Waals surface area (Å²) in [7, 11) is 0. The zero-order chi connectivity index (χ0) is 20.1. The number of imide groups is 1. The largest absolute Gasteiger partial charge is 0.374 e. The van der Waals surface area contributed by atoms with Crippen LogP contribution in [0.2, 0.25) is 0 Å². The minimum atomic E-state index is -0.513. The van der Waals surface area contributed by atoms with Gasteiger partial charge in [0.05, 0.1) is 34.7 Å². The highest BCUT2D eigenvalue weighted by Crippen LogP contribution is 2.53. The molecule has 1 N–H and O–H groups in total. The van der Waals surface area contributed by atoms with E-state index in [2.05, 4.69) is 10.3 Å². The van der Waals surface area contributed by atoms with E-state index in [0.29, 0.717) is 12.2 Å². The van der Waals surface area contributed by atoms with E-state index in [9.17, 15) is 19.7 Å². The van der Waals surface area contributed by atoms with E-state index in [1.165, 1.54) is 12.1 Å². The van der Waals surface area contributed by atoms with Gasteiger partial charge in [0.15, 0.2) is 0 Å². The van der Waals surface area contributed by atoms with Gasteiger partial charge in [0, 0.05) is 12.3 Å². The Morgan fingerprint density at radius 3 is 2.45 bits per heavy atom. The van der Waals surface area contributed by atoms with E-state index in [1.54, 1.807) is 18.3 Å². The van der Waals surface area contributed by atoms with E-state index in [-0.39, 0.29) is 46.9 Å². The van der Waals surface area contributed by atoms with Crippen molar-refractivity contribution in [3.8, 4) is 0 Å². The number of carbonyl (C=O) groups is 2. The lowest BCUT2D eigenvalue weighted by Crippen LogP contribution is -2.32. The quantitative estimate of drug-likeness (QED) is 0.364. The van der Waals surface area contributed by atoms with Crippen LogP contribution in [0.3, 0.4) is 0 Å². The Morgan fingerprint density at radius 1 is 1.10 bits per heavy atom. The summed E-state index contributed by atoms with van der Waals surface area (Å²) in [4.78, 5) is 42.3. The van der Waals surface area contributed by atoms with Gasteiger partial charge in [-0.3, -0.25) is 24.7 Å². The SMILES string of the molecule is O=C1[C@H]2[C@H](C(=O)N1c1ccc(NCc3ccccn3)c([N+](=O)[O-])c1)[C@H]1C=C[C@H]2C1. The van der Waals surface area contributed by atoms with Crippen molar-refractivity contribution in [1.29, 1.82) is 0 Å². The van der Waals surface area contributed by atoms with Gasteiger partial charge in [-0.1, -0.05) is 18.2 Å². The molecule has 8 nitrogen and oxygen atoms in total. The van der Waals surface area contributed by atoms with E-state index in [4.69, 9.17) is 0 Å². The Kier molecular flexibility index (Phi) is 3.94. The van der Waals surface area contributed by atoms with Crippen molar-refractivity contribution in [2.45, 2.75) is 13.0 Å². The third-order valence-corrected chi connectivity index (χ3v) is 6.09. The average molecular weight is 390 g/mol. The molecule has 2 bridgehead atoms. The molecule has 0 unspecified atom stereocenters. The fourth-order valence-electron chi connectivity index (χ4n) is 4.80. The van der Waals surface area contributed by atoms with Crippen LogP contribution < -0.4 is 10.2 Å². The number of rotatable bonds is 5. The number of pyridine rings is 1. The number of fused-ring (bicyclic) bond motifs is 5. The molecule has 1 aliphatic heterocycles. The maximum atomic E-state index is 12.9. The number of aromatic nitrogens is 1. The van der Waals surface area contributed by atoms with Crippen molar-refractivity contribution < 1.29 is 14.5 Å². The number of nitrogens with zero attached hydrogens (tertiary/aromatic N) is 3. The standard InChI is InChI=1S/C21H18N4O4/c26-20-18-12-4-5-13(9-12)19(18)21(27)24(20)15-6-7-16(17(10-15)25(28)29)23-11-14-3-1-2-8-22-14/h1-8,10,12-13,18-19,23H,9,11H2/t12-,13-,18+,19+/m0/s1. The smallest absolute Gasteiger partial charge is 0.294 e. The molecule has 2 fully saturated rings. The number of benzene rings is 1. The second kappa shape index (κ2) is 6.51. The van der Waals surface area contributed by atoms with Crippen LogP contribution >= 0.6 is 0 Å². The average Bonchev–Trinajstić information content (AvgIpc) is 3.41. The lowest BCUT2D eigenvalue weighted by molar-refractivity contribution is -0.383. The first kappa shape index (κ1) is 17.5. The van der Waals surface area contributed by atoms with Crippen LogP contribution in [-0.2, 0) is 16.1 Å². The zero-order valence-corrected chi connectivity index (χ0v) is 15.4. The van der Waals surface area contributed by atoms with Gasteiger partial charge in [0.25, 0.3) is 5.69 Å². The fourth-order valence-corrected chi connectivity index (χ4v) is 4.80. The van der Waals surface area contributed by atoms with E-state index in [0.717, 1.165) is 17.0 Å². The van der Waals surface area contributed by atoms with Crippen molar-refractivity contribution >= 4 is 28.9 Å². The molecule has 5 rings (SSSR count). The minimum absolute atomic E-state index is 0.0979. The summed E-state index contributed by atoms with van der Waals surface area (Å²) in [5.74, 6) is -0.973. The third kappa shape index (κ3) is 2.71. The number of nitro groups is 1. The Hall–Kier alpha value is -3.55. The predicted molar refractivity (Wildman–Crippen MR) is 105 cm³/mol. The molecule has 0 spiro atoms. The maximum Gasteiger partial charge on any atom is 0.294 e. The molecule has 2 amide bonds. The van der Waals surface area contributed by atoms with E-state index >= 15 is 0 Å². The Balaban J connectivity index is 1.43. The van der Waals surface area contributed by atoms with Crippen LogP contribution in [0, 0.1) is 33.8 Å². The number of nitro benzene ring substituents is 1. The molecule has 1 aromatic carbocycles. The van der Waals surface area contributed by atoms with E-state index < -0.39 is 4.92 Å². The molecule has 3 aliphatic rings. The lowest BCUT2D eigenvalue weighted by atomic mass is 9.85. The van der Waals surface area contributed by atoms with Crippen LogP contribution in [0.4, 0.5) is 17.1 Å². The van der Waals surface area contributed by atoms with Gasteiger partial charge in [-0.15, -0.1) is 0 Å². The molecule has 1 saturated carbocycles. The minimum Gasteiger partial charge on any atom is -0.374 e. The Morgan fingerprint density at radius 2 is 1.83 bits per heavy atom. The maximum absolute atomic E-state index is 12.9. The molecule has 146 valence electrons.